The molecule has 0 amide bonds. The summed E-state index contributed by atoms with van der Waals surface area (Å²) in [6, 6.07) is 3.67. The summed E-state index contributed by atoms with van der Waals surface area (Å²) in [7, 11) is 0. The number of terminal acetylenes is 1. The van der Waals surface area contributed by atoms with E-state index in [-0.39, 0.29) is 12.4 Å². The van der Waals surface area contributed by atoms with Crippen LogP contribution in [0.5, 0.6) is 0 Å². The molecule has 0 unspecified atom stereocenters. The number of rotatable bonds is 2. The van der Waals surface area contributed by atoms with Gasteiger partial charge in [-0.3, -0.25) is 4.79 Å². The fourth-order valence-corrected chi connectivity index (χ4v) is 3.81. The molecule has 4 nitrogen and oxygen atoms in total. The van der Waals surface area contributed by atoms with Crippen LogP contribution < -0.4 is 0 Å². The van der Waals surface area contributed by atoms with E-state index in [0.717, 1.165) is 42.9 Å². The Kier molecular flexibility index (Phi) is 3.28. The Hall–Kier alpha value is -2.12. The minimum Gasteiger partial charge on any atom is -0.390 e. The third kappa shape index (κ3) is 2.36. The Bertz CT molecular complexity index is 743. The van der Waals surface area contributed by atoms with Crippen molar-refractivity contribution >= 4 is 11.5 Å². The number of piperidine rings is 1. The van der Waals surface area contributed by atoms with Gasteiger partial charge in [0, 0.05) is 19.5 Å². The Morgan fingerprint density at radius 1 is 1.26 bits per heavy atom. The molecule has 1 aromatic heterocycles. The van der Waals surface area contributed by atoms with E-state index < -0.39 is 0 Å². The second kappa shape index (κ2) is 5.21. The van der Waals surface area contributed by atoms with Crippen molar-refractivity contribution in [2.45, 2.75) is 38.7 Å². The van der Waals surface area contributed by atoms with Crippen LogP contribution in [-0.2, 0) is 17.8 Å². The highest BCUT2D eigenvalue weighted by Gasteiger charge is 2.45. The summed E-state index contributed by atoms with van der Waals surface area (Å²) >= 11 is 0. The lowest BCUT2D eigenvalue weighted by Crippen LogP contribution is -2.36. The van der Waals surface area contributed by atoms with Crippen molar-refractivity contribution in [3.63, 3.8) is 0 Å². The predicted octanol–water partition coefficient (Wildman–Crippen LogP) is 1.92. The van der Waals surface area contributed by atoms with Crippen LogP contribution in [0.3, 0.4) is 0 Å². The number of hydrogen-bond acceptors (Lipinski definition) is 4. The molecule has 0 bridgehead atoms. The lowest BCUT2D eigenvalue weighted by atomic mass is 9.88. The largest absolute Gasteiger partial charge is 0.390 e. The molecular formula is C19H20N2O2. The topological polar surface area (TPSA) is 53.4 Å². The number of nitrogens with zero attached hydrogens (tertiary/aromatic N) is 2. The van der Waals surface area contributed by atoms with E-state index in [1.54, 1.807) is 6.07 Å². The van der Waals surface area contributed by atoms with Crippen molar-refractivity contribution in [2.75, 3.05) is 13.1 Å². The van der Waals surface area contributed by atoms with Gasteiger partial charge in [0.05, 0.1) is 29.3 Å². The number of Topliss-reactive ketones (excluding diaryl/α,β-unsaturated/α-hetero) is 1. The van der Waals surface area contributed by atoms with Gasteiger partial charge in [-0.1, -0.05) is 12.0 Å². The van der Waals surface area contributed by atoms with E-state index in [1.165, 1.54) is 12.8 Å². The molecule has 23 heavy (non-hydrogen) atoms. The first-order chi connectivity index (χ1) is 11.2. The SMILES string of the molecule is C#CC1=C(N2CCC3(CC2)CC3)c2nc(CO)ccc2CC1=O. The maximum Gasteiger partial charge on any atom is 0.177 e. The van der Waals surface area contributed by atoms with Crippen LogP contribution in [0.1, 0.15) is 42.6 Å². The number of fused-ring (bicyclic) bond motifs is 1. The van der Waals surface area contributed by atoms with Crippen molar-refractivity contribution in [2.24, 2.45) is 5.41 Å². The standard InChI is InChI=1S/C19H20N2O2/c1-2-15-16(23)11-13-3-4-14(12-22)20-17(13)18(15)21-9-7-19(5-6-19)8-10-21/h1,3-4,22H,5-12H2. The lowest BCUT2D eigenvalue weighted by Gasteiger charge is -2.37. The number of aromatic nitrogens is 1. The molecule has 4 rings (SSSR count). The molecule has 2 heterocycles. The van der Waals surface area contributed by atoms with Gasteiger partial charge in [-0.25, -0.2) is 4.98 Å². The van der Waals surface area contributed by atoms with E-state index in [2.05, 4.69) is 15.8 Å². The smallest absolute Gasteiger partial charge is 0.177 e. The highest BCUT2D eigenvalue weighted by molar-refractivity contribution is 6.09. The fourth-order valence-electron chi connectivity index (χ4n) is 3.81. The van der Waals surface area contributed by atoms with Gasteiger partial charge in [0.25, 0.3) is 0 Å². The number of carbonyl (C=O) groups excluding carboxylic acids is 1. The summed E-state index contributed by atoms with van der Waals surface area (Å²) in [6.07, 6.45) is 11.0. The second-order valence-electron chi connectivity index (χ2n) is 6.92. The molecule has 2 fully saturated rings. The van der Waals surface area contributed by atoms with Crippen LogP contribution in [0.15, 0.2) is 17.7 Å². The van der Waals surface area contributed by atoms with Gasteiger partial charge in [0.15, 0.2) is 5.78 Å². The Morgan fingerprint density at radius 3 is 2.61 bits per heavy atom. The first-order valence-electron chi connectivity index (χ1n) is 8.25. The number of carbonyl (C=O) groups is 1. The van der Waals surface area contributed by atoms with Crippen molar-refractivity contribution < 1.29 is 9.90 Å². The molecule has 2 aliphatic carbocycles. The lowest BCUT2D eigenvalue weighted by molar-refractivity contribution is -0.114. The van der Waals surface area contributed by atoms with Crippen LogP contribution >= 0.6 is 0 Å². The average molecular weight is 308 g/mol. The number of hydrogen-bond donors (Lipinski definition) is 1. The number of aliphatic hydroxyl groups is 1. The summed E-state index contributed by atoms with van der Waals surface area (Å²) in [5, 5.41) is 9.39. The first-order valence-corrected chi connectivity index (χ1v) is 8.25. The molecule has 1 N–H and O–H groups in total. The minimum absolute atomic E-state index is 0.000238. The Labute approximate surface area is 136 Å². The summed E-state index contributed by atoms with van der Waals surface area (Å²) < 4.78 is 0. The molecule has 4 heteroatoms. The molecule has 0 atom stereocenters. The molecular weight excluding hydrogens is 288 g/mol. The Morgan fingerprint density at radius 2 is 2.00 bits per heavy atom. The predicted molar refractivity (Wildman–Crippen MR) is 87.1 cm³/mol. The van der Waals surface area contributed by atoms with Crippen LogP contribution in [0.4, 0.5) is 0 Å². The molecule has 1 spiro atoms. The van der Waals surface area contributed by atoms with Gasteiger partial charge in [-0.05, 0) is 42.7 Å². The van der Waals surface area contributed by atoms with E-state index >= 15 is 0 Å². The van der Waals surface area contributed by atoms with Gasteiger partial charge >= 0.3 is 0 Å². The molecule has 1 saturated carbocycles. The van der Waals surface area contributed by atoms with Gasteiger partial charge in [0.2, 0.25) is 0 Å². The van der Waals surface area contributed by atoms with Crippen molar-refractivity contribution in [3.05, 3.63) is 34.7 Å². The number of ketones is 1. The quantitative estimate of drug-likeness (QED) is 0.848. The highest BCUT2D eigenvalue weighted by Crippen LogP contribution is 2.54. The molecule has 3 aliphatic rings. The second-order valence-corrected chi connectivity index (χ2v) is 6.92. The molecule has 1 aromatic rings. The van der Waals surface area contributed by atoms with E-state index in [0.29, 0.717) is 23.1 Å². The van der Waals surface area contributed by atoms with Gasteiger partial charge in [0.1, 0.15) is 0 Å². The third-order valence-electron chi connectivity index (χ3n) is 5.53. The Balaban J connectivity index is 1.77. The molecule has 0 radical (unpaired) electrons. The van der Waals surface area contributed by atoms with Crippen LogP contribution in [0, 0.1) is 17.8 Å². The zero-order valence-electron chi connectivity index (χ0n) is 13.1. The van der Waals surface area contributed by atoms with Gasteiger partial charge in [-0.15, -0.1) is 6.42 Å². The summed E-state index contributed by atoms with van der Waals surface area (Å²) in [5.74, 6) is 2.60. The maximum absolute atomic E-state index is 12.4. The molecule has 1 aliphatic heterocycles. The zero-order valence-corrected chi connectivity index (χ0v) is 13.1. The number of likely N-dealkylation sites (tertiary alicyclic amines) is 1. The summed E-state index contributed by atoms with van der Waals surface area (Å²) in [4.78, 5) is 19.2. The van der Waals surface area contributed by atoms with Crippen molar-refractivity contribution in [3.8, 4) is 12.3 Å². The van der Waals surface area contributed by atoms with Crippen LogP contribution in [0.25, 0.3) is 5.70 Å². The van der Waals surface area contributed by atoms with Crippen molar-refractivity contribution in [1.29, 1.82) is 0 Å². The zero-order chi connectivity index (χ0) is 16.0. The number of aliphatic hydroxyl groups excluding tert-OH is 1. The summed E-state index contributed by atoms with van der Waals surface area (Å²) in [6.45, 7) is 1.75. The van der Waals surface area contributed by atoms with Gasteiger partial charge < -0.3 is 10.0 Å². The van der Waals surface area contributed by atoms with E-state index in [4.69, 9.17) is 6.42 Å². The monoisotopic (exact) mass is 308 g/mol. The van der Waals surface area contributed by atoms with E-state index in [9.17, 15) is 9.90 Å². The molecule has 118 valence electrons. The van der Waals surface area contributed by atoms with Crippen molar-refractivity contribution in [1.82, 2.24) is 9.88 Å². The van der Waals surface area contributed by atoms with Crippen LogP contribution in [-0.4, -0.2) is 33.9 Å². The highest BCUT2D eigenvalue weighted by atomic mass is 16.3. The minimum atomic E-state index is -0.108. The number of pyridine rings is 1. The average Bonchev–Trinajstić information content (AvgIpc) is 3.33. The normalized spacial score (nSPS) is 22.1. The third-order valence-corrected chi connectivity index (χ3v) is 5.53. The maximum atomic E-state index is 12.4. The molecule has 0 aromatic carbocycles. The van der Waals surface area contributed by atoms with Crippen LogP contribution in [0.2, 0.25) is 0 Å². The summed E-state index contributed by atoms with van der Waals surface area (Å²) in [5.41, 5.74) is 4.14. The first kappa shape index (κ1) is 14.5. The van der Waals surface area contributed by atoms with E-state index in [1.807, 2.05) is 6.07 Å². The fraction of sp³-hybridized carbons (Fsp3) is 0.474. The number of allylic oxidation sites excluding steroid dienone is 1. The molecule has 1 saturated heterocycles. The van der Waals surface area contributed by atoms with Gasteiger partial charge in [-0.2, -0.15) is 0 Å².